The Kier molecular flexibility index (Phi) is 27.3. The van der Waals surface area contributed by atoms with Gasteiger partial charge >= 0.3 is 7.12 Å². The van der Waals surface area contributed by atoms with Gasteiger partial charge in [0.2, 0.25) is 0 Å². The van der Waals surface area contributed by atoms with E-state index < -0.39 is 47.5 Å². The molecule has 28 heteroatoms. The summed E-state index contributed by atoms with van der Waals surface area (Å²) < 4.78 is 82.1. The number of hydrogen-bond donors (Lipinski definition) is 2. The summed E-state index contributed by atoms with van der Waals surface area (Å²) >= 11 is 3.07. The van der Waals surface area contributed by atoms with E-state index >= 15 is 0 Å². The van der Waals surface area contributed by atoms with Crippen LogP contribution in [-0.2, 0) is 0 Å². The lowest BCUT2D eigenvalue weighted by atomic mass is 9.80. The topological polar surface area (TPSA) is 92.5 Å². The van der Waals surface area contributed by atoms with E-state index in [1.165, 1.54) is 12.1 Å². The van der Waals surface area contributed by atoms with Crippen molar-refractivity contribution in [1.29, 1.82) is 0 Å². The van der Waals surface area contributed by atoms with E-state index in [1.807, 2.05) is 0 Å². The molecule has 0 aliphatic rings. The van der Waals surface area contributed by atoms with Gasteiger partial charge in [-0.15, -0.1) is 71.4 Å². The normalized spacial score (nSPS) is 10.8. The van der Waals surface area contributed by atoms with Crippen LogP contribution in [0.5, 0.6) is 5.75 Å². The summed E-state index contributed by atoms with van der Waals surface area (Å²) in [6, 6.07) is 8.88. The van der Waals surface area contributed by atoms with E-state index in [0.29, 0.717) is 4.60 Å². The van der Waals surface area contributed by atoms with Crippen molar-refractivity contribution in [3.8, 4) is 17.0 Å². The average Bonchev–Trinajstić information content (AvgIpc) is 3.05. The Morgan fingerprint density at radius 2 is 1.12 bits per heavy atom. The predicted molar refractivity (Wildman–Crippen MR) is 249 cm³/mol. The summed E-state index contributed by atoms with van der Waals surface area (Å²) in [6.07, 6.45) is 2.20. The van der Waals surface area contributed by atoms with Gasteiger partial charge in [0, 0.05) is 5.56 Å². The van der Waals surface area contributed by atoms with Gasteiger partial charge in [0.05, 0.1) is 30.8 Å². The van der Waals surface area contributed by atoms with E-state index in [4.69, 9.17) is 10.0 Å². The zero-order valence-electron chi connectivity index (χ0n) is 26.5. The molecule has 4 rings (SSSR count). The number of carbonyl (C=O) groups excluding carboxylic acids is 1. The molecule has 52 heavy (non-hydrogen) atoms. The zero-order chi connectivity index (χ0) is 39.9. The molecular weight excluding hydrogens is 1020 g/mol. The number of benzene rings is 2. The molecule has 0 amide bonds. The third-order valence-electron chi connectivity index (χ3n) is 5.42. The maximum atomic E-state index is 13.3. The van der Waals surface area contributed by atoms with Crippen molar-refractivity contribution in [2.24, 2.45) is 0 Å². The maximum absolute atomic E-state index is 13.3. The number of rotatable bonds is 9. The SMILES string of the molecule is COc1c(F)cc(B(O)O)cc1F.Fc1ccc(Br)nc1.O=Cc1c(F)cc(-c2ccc(F)cn2)cc1F.PP(P)P(P(P)P)P(P(P)P)P(P)P. The monoisotopic (exact) mass is 1050 g/mol. The second kappa shape index (κ2) is 27.1. The Labute approximate surface area is 332 Å². The lowest BCUT2D eigenvalue weighted by Gasteiger charge is -2.37. The molecule has 2 aromatic heterocycles. The van der Waals surface area contributed by atoms with E-state index in [1.54, 1.807) is 6.07 Å². The molecule has 0 aliphatic heterocycles. The Hall–Kier alpha value is 2.27. The van der Waals surface area contributed by atoms with Crippen LogP contribution in [0.4, 0.5) is 26.3 Å². The van der Waals surface area contributed by atoms with Gasteiger partial charge in [-0.3, -0.25) is 9.78 Å². The Balaban J connectivity index is 0.000000357. The molecular formula is C24H32BBrF6N2O4P14. The van der Waals surface area contributed by atoms with Crippen LogP contribution < -0.4 is 10.2 Å². The first-order valence-corrected chi connectivity index (χ1v) is 38.6. The van der Waals surface area contributed by atoms with Crippen LogP contribution in [0.1, 0.15) is 10.4 Å². The minimum Gasteiger partial charge on any atom is -0.491 e. The first kappa shape index (κ1) is 52.3. The predicted octanol–water partition coefficient (Wildman–Crippen LogP) is 12.4. The van der Waals surface area contributed by atoms with E-state index in [-0.39, 0.29) is 70.7 Å². The molecule has 0 radical (unpaired) electrons. The third kappa shape index (κ3) is 18.5. The Morgan fingerprint density at radius 3 is 1.40 bits per heavy atom. The van der Waals surface area contributed by atoms with Gasteiger partial charge in [-0.25, -0.2) is 31.3 Å². The molecule has 8 atom stereocenters. The highest BCUT2D eigenvalue weighted by atomic mass is 79.9. The van der Waals surface area contributed by atoms with Gasteiger partial charge in [0.1, 0.15) is 27.9 Å². The molecule has 6 nitrogen and oxygen atoms in total. The number of aldehydes is 1. The van der Waals surface area contributed by atoms with Crippen LogP contribution in [0.15, 0.2) is 65.5 Å². The fourth-order valence-corrected chi connectivity index (χ4v) is 151. The van der Waals surface area contributed by atoms with Crippen LogP contribution in [0, 0.1) is 34.9 Å². The average molecular weight is 1050 g/mol. The first-order chi connectivity index (χ1) is 24.2. The van der Waals surface area contributed by atoms with Crippen molar-refractivity contribution >= 4 is 148 Å². The number of ether oxygens (including phenoxy) is 1. The van der Waals surface area contributed by atoms with E-state index in [2.05, 4.69) is 102 Å². The number of halogens is 7. The quantitative estimate of drug-likeness (QED) is 0.0570. The fraction of sp³-hybridized carbons (Fsp3) is 0.0417. The van der Waals surface area contributed by atoms with Crippen molar-refractivity contribution in [3.63, 3.8) is 0 Å². The molecule has 0 saturated carbocycles. The van der Waals surface area contributed by atoms with Crippen molar-refractivity contribution in [2.45, 2.75) is 0 Å². The van der Waals surface area contributed by atoms with E-state index in [0.717, 1.165) is 49.8 Å². The molecule has 0 aliphatic carbocycles. The molecule has 0 saturated heterocycles. The largest absolute Gasteiger partial charge is 0.491 e. The summed E-state index contributed by atoms with van der Waals surface area (Å²) in [7, 11) is 23.6. The highest BCUT2D eigenvalue weighted by Crippen LogP contribution is 3.21. The summed E-state index contributed by atoms with van der Waals surface area (Å²) in [5.41, 5.74) is -0.515. The van der Waals surface area contributed by atoms with Gasteiger partial charge in [-0.05, 0) is 112 Å². The number of nitrogens with zero attached hydrogens (tertiary/aromatic N) is 2. The van der Waals surface area contributed by atoms with Gasteiger partial charge in [0.15, 0.2) is 23.7 Å². The smallest absolute Gasteiger partial charge is 0.488 e. The minimum atomic E-state index is -1.89. The summed E-state index contributed by atoms with van der Waals surface area (Å²) in [5, 5.41) is 17.2. The van der Waals surface area contributed by atoms with Gasteiger partial charge < -0.3 is 14.8 Å². The number of pyridine rings is 2. The summed E-state index contributed by atoms with van der Waals surface area (Å²) in [6.45, 7) is 0.741. The molecule has 0 fully saturated rings. The molecule has 4 aromatic rings. The van der Waals surface area contributed by atoms with Crippen LogP contribution in [-0.4, -0.2) is 40.5 Å². The van der Waals surface area contributed by atoms with Crippen molar-refractivity contribution in [2.75, 3.05) is 7.11 Å². The number of carbonyl (C=O) groups is 1. The molecule has 284 valence electrons. The van der Waals surface area contributed by atoms with Crippen molar-refractivity contribution in [3.05, 3.63) is 106 Å². The zero-order valence-corrected chi connectivity index (χ0v) is 42.7. The van der Waals surface area contributed by atoms with Crippen LogP contribution in [0.2, 0.25) is 0 Å². The van der Waals surface area contributed by atoms with Crippen molar-refractivity contribution < 1.29 is 45.9 Å². The molecule has 0 spiro atoms. The lowest BCUT2D eigenvalue weighted by molar-refractivity contribution is 0.111. The highest BCUT2D eigenvalue weighted by Gasteiger charge is 2.32. The number of hydrogen-bond acceptors (Lipinski definition) is 6. The molecule has 0 bridgehead atoms. The Morgan fingerprint density at radius 1 is 0.692 bits per heavy atom. The van der Waals surface area contributed by atoms with Crippen LogP contribution >= 0.6 is 129 Å². The van der Waals surface area contributed by atoms with Gasteiger partial charge in [-0.1, -0.05) is 0 Å². The minimum absolute atomic E-state index is 0.0856. The van der Waals surface area contributed by atoms with Gasteiger partial charge in [0.25, 0.3) is 0 Å². The number of methoxy groups -OCH3 is 1. The molecule has 2 heterocycles. The standard InChI is InChI=1S/C12H6F3NO.C7H7BF2O3.C5H3BrFN.H16P14/c13-8-1-2-12(16-5-8)7-3-10(14)9(6-17)11(15)4-7;1-13-7-5(9)2-4(8(11)12)3-6(7)10;6-5-2-1-4(7)3-8-5;1-9(2)13(10(3)4)14(11(5)6)12(7)8/h1-6H;2-3,11-12H,1H3;1-3H;1-8H2. The third-order valence-corrected chi connectivity index (χ3v) is 84.8. The molecule has 2 N–H and O–H groups in total. The second-order valence-corrected chi connectivity index (χ2v) is 63.4. The molecule has 8 unspecified atom stereocenters. The highest BCUT2D eigenvalue weighted by molar-refractivity contribution is 9.27. The first-order valence-electron chi connectivity index (χ1n) is 13.3. The van der Waals surface area contributed by atoms with E-state index in [9.17, 15) is 31.1 Å². The fourth-order valence-electron chi connectivity index (χ4n) is 3.28. The summed E-state index contributed by atoms with van der Waals surface area (Å²) in [5.74, 6) is -5.27. The lowest BCUT2D eigenvalue weighted by Crippen LogP contribution is -2.30. The number of aromatic nitrogens is 2. The maximum Gasteiger partial charge on any atom is 0.488 e. The van der Waals surface area contributed by atoms with Gasteiger partial charge in [-0.2, -0.15) is 0 Å². The van der Waals surface area contributed by atoms with Crippen molar-refractivity contribution in [1.82, 2.24) is 9.97 Å². The molecule has 2 aromatic carbocycles. The Bertz CT molecular complexity index is 1610. The second-order valence-electron chi connectivity index (χ2n) is 9.08. The van der Waals surface area contributed by atoms with Crippen LogP contribution in [0.25, 0.3) is 11.3 Å². The summed E-state index contributed by atoms with van der Waals surface area (Å²) in [4.78, 5) is 17.7. The van der Waals surface area contributed by atoms with Crippen LogP contribution in [0.3, 0.4) is 0 Å².